The molecule has 90 valence electrons. The van der Waals surface area contributed by atoms with Crippen molar-refractivity contribution in [1.29, 1.82) is 0 Å². The highest BCUT2D eigenvalue weighted by Crippen LogP contribution is 2.24. The van der Waals surface area contributed by atoms with Crippen LogP contribution in [0.5, 0.6) is 0 Å². The number of rotatable bonds is 5. The standard InChI is InChI=1S/C13H22N2S/c1-10(2)16-12-7-5-11(6-8-12)15-9-13(3,4)14/h5-8,10,15H,9,14H2,1-4H3. The molecule has 0 aliphatic rings. The molecule has 0 aromatic heterocycles. The zero-order valence-corrected chi connectivity index (χ0v) is 11.4. The van der Waals surface area contributed by atoms with Gasteiger partial charge in [-0.15, -0.1) is 11.8 Å². The summed E-state index contributed by atoms with van der Waals surface area (Å²) in [6.07, 6.45) is 0. The van der Waals surface area contributed by atoms with E-state index in [0.717, 1.165) is 12.2 Å². The molecule has 0 radical (unpaired) electrons. The fraction of sp³-hybridized carbons (Fsp3) is 0.538. The first-order chi connectivity index (χ1) is 7.37. The first-order valence-electron chi connectivity index (χ1n) is 5.66. The summed E-state index contributed by atoms with van der Waals surface area (Å²) in [5, 5.41) is 3.96. The summed E-state index contributed by atoms with van der Waals surface area (Å²) in [4.78, 5) is 1.31. The van der Waals surface area contributed by atoms with Crippen LogP contribution < -0.4 is 11.1 Å². The molecule has 0 aliphatic carbocycles. The Morgan fingerprint density at radius 1 is 1.25 bits per heavy atom. The Labute approximate surface area is 103 Å². The van der Waals surface area contributed by atoms with E-state index in [-0.39, 0.29) is 5.54 Å². The fourth-order valence-corrected chi connectivity index (χ4v) is 2.09. The predicted molar refractivity (Wildman–Crippen MR) is 74.2 cm³/mol. The number of nitrogens with one attached hydrogen (secondary N) is 1. The predicted octanol–water partition coefficient (Wildman–Crippen LogP) is 3.34. The molecule has 0 bridgehead atoms. The van der Waals surface area contributed by atoms with Gasteiger partial charge in [0.25, 0.3) is 0 Å². The molecule has 0 aliphatic heterocycles. The molecule has 1 aromatic rings. The van der Waals surface area contributed by atoms with Crippen LogP contribution in [0, 0.1) is 0 Å². The Hall–Kier alpha value is -0.670. The Bertz CT molecular complexity index is 312. The second kappa shape index (κ2) is 5.60. The monoisotopic (exact) mass is 238 g/mol. The van der Waals surface area contributed by atoms with E-state index >= 15 is 0 Å². The van der Waals surface area contributed by atoms with Crippen LogP contribution in [-0.4, -0.2) is 17.3 Å². The maximum absolute atomic E-state index is 5.91. The zero-order chi connectivity index (χ0) is 12.2. The molecule has 0 spiro atoms. The Morgan fingerprint density at radius 3 is 2.25 bits per heavy atom. The van der Waals surface area contributed by atoms with E-state index in [1.54, 1.807) is 0 Å². The lowest BCUT2D eigenvalue weighted by atomic mass is 10.1. The second-order valence-electron chi connectivity index (χ2n) is 5.03. The average molecular weight is 238 g/mol. The first-order valence-corrected chi connectivity index (χ1v) is 6.54. The molecule has 16 heavy (non-hydrogen) atoms. The molecular weight excluding hydrogens is 216 g/mol. The minimum absolute atomic E-state index is 0.175. The van der Waals surface area contributed by atoms with Crippen LogP contribution >= 0.6 is 11.8 Å². The van der Waals surface area contributed by atoms with Gasteiger partial charge < -0.3 is 11.1 Å². The Balaban J connectivity index is 2.51. The van der Waals surface area contributed by atoms with Gasteiger partial charge in [0.2, 0.25) is 0 Å². The molecule has 0 amide bonds. The van der Waals surface area contributed by atoms with Crippen molar-refractivity contribution in [3.8, 4) is 0 Å². The van der Waals surface area contributed by atoms with E-state index in [0.29, 0.717) is 5.25 Å². The number of hydrogen-bond acceptors (Lipinski definition) is 3. The quantitative estimate of drug-likeness (QED) is 0.773. The van der Waals surface area contributed by atoms with Crippen molar-refractivity contribution < 1.29 is 0 Å². The molecule has 1 rings (SSSR count). The van der Waals surface area contributed by atoms with Gasteiger partial charge in [-0.3, -0.25) is 0 Å². The summed E-state index contributed by atoms with van der Waals surface area (Å²) in [5.41, 5.74) is 6.87. The van der Waals surface area contributed by atoms with Crippen molar-refractivity contribution in [2.75, 3.05) is 11.9 Å². The molecular formula is C13H22N2S. The van der Waals surface area contributed by atoms with E-state index in [2.05, 4.69) is 43.4 Å². The van der Waals surface area contributed by atoms with Crippen molar-refractivity contribution in [2.45, 2.75) is 43.4 Å². The van der Waals surface area contributed by atoms with Gasteiger partial charge in [0, 0.05) is 27.9 Å². The summed E-state index contributed by atoms with van der Waals surface area (Å²) in [6, 6.07) is 8.51. The van der Waals surface area contributed by atoms with Crippen LogP contribution in [0.4, 0.5) is 5.69 Å². The third-order valence-corrected chi connectivity index (χ3v) is 2.99. The van der Waals surface area contributed by atoms with Crippen LogP contribution in [0.1, 0.15) is 27.7 Å². The normalized spacial score (nSPS) is 11.9. The molecule has 0 unspecified atom stereocenters. The minimum atomic E-state index is -0.175. The molecule has 0 saturated carbocycles. The lowest BCUT2D eigenvalue weighted by Gasteiger charge is -2.19. The lowest BCUT2D eigenvalue weighted by Crippen LogP contribution is -2.39. The van der Waals surface area contributed by atoms with Gasteiger partial charge in [0.15, 0.2) is 0 Å². The minimum Gasteiger partial charge on any atom is -0.383 e. The number of thioether (sulfide) groups is 1. The third-order valence-electron chi connectivity index (χ3n) is 1.97. The highest BCUT2D eigenvalue weighted by molar-refractivity contribution is 7.99. The molecule has 1 aromatic carbocycles. The molecule has 2 nitrogen and oxygen atoms in total. The van der Waals surface area contributed by atoms with Crippen LogP contribution in [0.2, 0.25) is 0 Å². The van der Waals surface area contributed by atoms with Crippen molar-refractivity contribution in [1.82, 2.24) is 0 Å². The molecule has 0 saturated heterocycles. The van der Waals surface area contributed by atoms with Gasteiger partial charge in [-0.25, -0.2) is 0 Å². The summed E-state index contributed by atoms with van der Waals surface area (Å²) in [5.74, 6) is 0. The summed E-state index contributed by atoms with van der Waals surface area (Å²) in [7, 11) is 0. The maximum Gasteiger partial charge on any atom is 0.0341 e. The maximum atomic E-state index is 5.91. The van der Waals surface area contributed by atoms with E-state index in [1.165, 1.54) is 4.90 Å². The van der Waals surface area contributed by atoms with Crippen LogP contribution in [-0.2, 0) is 0 Å². The SMILES string of the molecule is CC(C)Sc1ccc(NCC(C)(C)N)cc1. The lowest BCUT2D eigenvalue weighted by molar-refractivity contribution is 0.549. The van der Waals surface area contributed by atoms with Gasteiger partial charge in [0.05, 0.1) is 0 Å². The van der Waals surface area contributed by atoms with Gasteiger partial charge in [-0.2, -0.15) is 0 Å². The Morgan fingerprint density at radius 2 is 1.81 bits per heavy atom. The highest BCUT2D eigenvalue weighted by Gasteiger charge is 2.09. The summed E-state index contributed by atoms with van der Waals surface area (Å²) < 4.78 is 0. The molecule has 0 fully saturated rings. The topological polar surface area (TPSA) is 38.0 Å². The van der Waals surface area contributed by atoms with Gasteiger partial charge in [0.1, 0.15) is 0 Å². The van der Waals surface area contributed by atoms with Crippen molar-refractivity contribution >= 4 is 17.4 Å². The van der Waals surface area contributed by atoms with Crippen molar-refractivity contribution in [2.24, 2.45) is 5.73 Å². The molecule has 3 heteroatoms. The number of anilines is 1. The molecule has 0 heterocycles. The third kappa shape index (κ3) is 5.42. The van der Waals surface area contributed by atoms with Crippen molar-refractivity contribution in [3.63, 3.8) is 0 Å². The molecule has 3 N–H and O–H groups in total. The summed E-state index contributed by atoms with van der Waals surface area (Å²) in [6.45, 7) is 9.22. The van der Waals surface area contributed by atoms with Gasteiger partial charge in [-0.1, -0.05) is 13.8 Å². The Kier molecular flexibility index (Phi) is 4.69. The van der Waals surface area contributed by atoms with Gasteiger partial charge in [-0.05, 0) is 38.1 Å². The molecule has 0 atom stereocenters. The zero-order valence-electron chi connectivity index (χ0n) is 10.6. The largest absolute Gasteiger partial charge is 0.383 e. The van der Waals surface area contributed by atoms with E-state index in [4.69, 9.17) is 5.73 Å². The smallest absolute Gasteiger partial charge is 0.0341 e. The first kappa shape index (κ1) is 13.4. The van der Waals surface area contributed by atoms with Crippen LogP contribution in [0.15, 0.2) is 29.2 Å². The second-order valence-corrected chi connectivity index (χ2v) is 6.68. The average Bonchev–Trinajstić information content (AvgIpc) is 2.14. The van der Waals surface area contributed by atoms with E-state index in [9.17, 15) is 0 Å². The van der Waals surface area contributed by atoms with Crippen LogP contribution in [0.3, 0.4) is 0 Å². The van der Waals surface area contributed by atoms with Gasteiger partial charge >= 0.3 is 0 Å². The van der Waals surface area contributed by atoms with E-state index in [1.807, 2.05) is 25.6 Å². The van der Waals surface area contributed by atoms with Crippen molar-refractivity contribution in [3.05, 3.63) is 24.3 Å². The number of nitrogens with two attached hydrogens (primary N) is 1. The highest BCUT2D eigenvalue weighted by atomic mass is 32.2. The number of benzene rings is 1. The van der Waals surface area contributed by atoms with Crippen LogP contribution in [0.25, 0.3) is 0 Å². The number of hydrogen-bond donors (Lipinski definition) is 2. The fourth-order valence-electron chi connectivity index (χ4n) is 1.25. The summed E-state index contributed by atoms with van der Waals surface area (Å²) >= 11 is 1.88. The van der Waals surface area contributed by atoms with E-state index < -0.39 is 0 Å².